The van der Waals surface area contributed by atoms with Gasteiger partial charge in [-0.2, -0.15) is 0 Å². The van der Waals surface area contributed by atoms with E-state index in [1.54, 1.807) is 19.2 Å². The highest BCUT2D eigenvalue weighted by atomic mass is 35.5. The summed E-state index contributed by atoms with van der Waals surface area (Å²) in [6, 6.07) is 10.0. The maximum Gasteiger partial charge on any atom is 0.288 e. The van der Waals surface area contributed by atoms with Crippen molar-refractivity contribution in [3.63, 3.8) is 0 Å². The largest absolute Gasteiger partial charge is 0.497 e. The Morgan fingerprint density at radius 2 is 1.89 bits per heavy atom. The molecule has 2 aromatic carbocycles. The molecule has 0 aromatic heterocycles. The SMILES string of the molecule is COc1ccc(CNC(=O)[C@H](C)NC(=O)c2ccc(Cl)c([N+](=O)[O-])c2)cc1. The zero-order chi connectivity index (χ0) is 20.0. The van der Waals surface area contributed by atoms with Gasteiger partial charge in [-0.25, -0.2) is 0 Å². The molecule has 142 valence electrons. The molecular weight excluding hydrogens is 374 g/mol. The van der Waals surface area contributed by atoms with Gasteiger partial charge in [0.25, 0.3) is 11.6 Å². The molecule has 8 nitrogen and oxygen atoms in total. The van der Waals surface area contributed by atoms with E-state index in [1.165, 1.54) is 19.1 Å². The topological polar surface area (TPSA) is 111 Å². The second-order valence-corrected chi connectivity index (χ2v) is 6.09. The van der Waals surface area contributed by atoms with Crippen molar-refractivity contribution in [2.45, 2.75) is 19.5 Å². The van der Waals surface area contributed by atoms with Gasteiger partial charge in [0, 0.05) is 18.2 Å². The van der Waals surface area contributed by atoms with Gasteiger partial charge in [0.1, 0.15) is 16.8 Å². The number of halogens is 1. The average Bonchev–Trinajstić information content (AvgIpc) is 2.66. The Bertz CT molecular complexity index is 855. The number of nitrogens with zero attached hydrogens (tertiary/aromatic N) is 1. The first-order valence-electron chi connectivity index (χ1n) is 7.97. The van der Waals surface area contributed by atoms with Gasteiger partial charge in [0.2, 0.25) is 5.91 Å². The first-order valence-corrected chi connectivity index (χ1v) is 8.35. The summed E-state index contributed by atoms with van der Waals surface area (Å²) in [7, 11) is 1.57. The number of carbonyl (C=O) groups is 2. The third-order valence-electron chi connectivity index (χ3n) is 3.77. The molecule has 27 heavy (non-hydrogen) atoms. The molecule has 2 amide bonds. The smallest absolute Gasteiger partial charge is 0.288 e. The van der Waals surface area contributed by atoms with Crippen molar-refractivity contribution in [1.29, 1.82) is 0 Å². The first kappa shape index (κ1) is 20.2. The summed E-state index contributed by atoms with van der Waals surface area (Å²) in [6.07, 6.45) is 0. The Balaban J connectivity index is 1.94. The van der Waals surface area contributed by atoms with Gasteiger partial charge in [-0.15, -0.1) is 0 Å². The molecule has 0 radical (unpaired) electrons. The average molecular weight is 392 g/mol. The van der Waals surface area contributed by atoms with E-state index in [4.69, 9.17) is 16.3 Å². The van der Waals surface area contributed by atoms with Crippen LogP contribution in [0.15, 0.2) is 42.5 Å². The summed E-state index contributed by atoms with van der Waals surface area (Å²) in [4.78, 5) is 34.6. The van der Waals surface area contributed by atoms with Crippen molar-refractivity contribution in [2.24, 2.45) is 0 Å². The number of methoxy groups -OCH3 is 1. The van der Waals surface area contributed by atoms with Crippen LogP contribution in [0.5, 0.6) is 5.75 Å². The van der Waals surface area contributed by atoms with E-state index in [0.717, 1.165) is 11.6 Å². The summed E-state index contributed by atoms with van der Waals surface area (Å²) in [6.45, 7) is 1.81. The molecule has 0 aliphatic rings. The van der Waals surface area contributed by atoms with Gasteiger partial charge in [0.05, 0.1) is 12.0 Å². The summed E-state index contributed by atoms with van der Waals surface area (Å²) in [5.41, 5.74) is 0.540. The number of hydrogen-bond acceptors (Lipinski definition) is 5. The number of hydrogen-bond donors (Lipinski definition) is 2. The molecule has 2 aromatic rings. The van der Waals surface area contributed by atoms with Crippen LogP contribution in [-0.2, 0) is 11.3 Å². The van der Waals surface area contributed by atoms with Crippen LogP contribution in [-0.4, -0.2) is 29.9 Å². The summed E-state index contributed by atoms with van der Waals surface area (Å²) in [5, 5.41) is 16.0. The third-order valence-corrected chi connectivity index (χ3v) is 4.09. The predicted molar refractivity (Wildman–Crippen MR) is 99.9 cm³/mol. The zero-order valence-corrected chi connectivity index (χ0v) is 15.4. The van der Waals surface area contributed by atoms with Crippen molar-refractivity contribution in [1.82, 2.24) is 10.6 Å². The second kappa shape index (κ2) is 9.00. The number of ether oxygens (including phenoxy) is 1. The Kier molecular flexibility index (Phi) is 6.73. The molecule has 0 unspecified atom stereocenters. The molecule has 0 fully saturated rings. The first-order chi connectivity index (χ1) is 12.8. The minimum absolute atomic E-state index is 0.0425. The van der Waals surface area contributed by atoms with Crippen molar-refractivity contribution in [2.75, 3.05) is 7.11 Å². The third kappa shape index (κ3) is 5.42. The van der Waals surface area contributed by atoms with Gasteiger partial charge in [-0.05, 0) is 36.8 Å². The van der Waals surface area contributed by atoms with Crippen molar-refractivity contribution in [3.05, 3.63) is 68.7 Å². The molecule has 2 N–H and O–H groups in total. The fourth-order valence-electron chi connectivity index (χ4n) is 2.23. The van der Waals surface area contributed by atoms with Crippen molar-refractivity contribution < 1.29 is 19.2 Å². The fraction of sp³-hybridized carbons (Fsp3) is 0.222. The lowest BCUT2D eigenvalue weighted by Crippen LogP contribution is -2.44. The molecule has 0 spiro atoms. The second-order valence-electron chi connectivity index (χ2n) is 5.68. The molecule has 0 aliphatic carbocycles. The van der Waals surface area contributed by atoms with Gasteiger partial charge in [-0.3, -0.25) is 19.7 Å². The number of carbonyl (C=O) groups excluding carboxylic acids is 2. The number of nitro groups is 1. The number of nitrogens with one attached hydrogen (secondary N) is 2. The van der Waals surface area contributed by atoms with E-state index in [9.17, 15) is 19.7 Å². The van der Waals surface area contributed by atoms with Crippen molar-refractivity contribution >= 4 is 29.1 Å². The van der Waals surface area contributed by atoms with Crippen LogP contribution in [0.1, 0.15) is 22.8 Å². The Hall–Kier alpha value is -3.13. The molecule has 0 saturated heterocycles. The maximum atomic E-state index is 12.2. The number of nitro benzene ring substituents is 1. The highest BCUT2D eigenvalue weighted by Gasteiger charge is 2.20. The highest BCUT2D eigenvalue weighted by molar-refractivity contribution is 6.32. The quantitative estimate of drug-likeness (QED) is 0.557. The van der Waals surface area contributed by atoms with Crippen LogP contribution in [0.3, 0.4) is 0 Å². The van der Waals surface area contributed by atoms with E-state index in [2.05, 4.69) is 10.6 Å². The number of benzene rings is 2. The predicted octanol–water partition coefficient (Wildman–Crippen LogP) is 2.69. The minimum Gasteiger partial charge on any atom is -0.497 e. The Labute approximate surface area is 160 Å². The lowest BCUT2D eigenvalue weighted by molar-refractivity contribution is -0.384. The van der Waals surface area contributed by atoms with E-state index in [1.807, 2.05) is 12.1 Å². The van der Waals surface area contributed by atoms with E-state index < -0.39 is 16.9 Å². The lowest BCUT2D eigenvalue weighted by Gasteiger charge is -2.14. The van der Waals surface area contributed by atoms with E-state index in [-0.39, 0.29) is 28.7 Å². The molecule has 0 bridgehead atoms. The number of amides is 2. The molecular formula is C18H18ClN3O5. The molecule has 0 aliphatic heterocycles. The van der Waals surface area contributed by atoms with Crippen LogP contribution in [0.2, 0.25) is 5.02 Å². The molecule has 2 rings (SSSR count). The van der Waals surface area contributed by atoms with Gasteiger partial charge < -0.3 is 15.4 Å². The standard InChI is InChI=1S/C18H18ClN3O5/c1-11(17(23)20-10-12-3-6-14(27-2)7-4-12)21-18(24)13-5-8-15(19)16(9-13)22(25)26/h3-9,11H,10H2,1-2H3,(H,20,23)(H,21,24)/t11-/m0/s1. The van der Waals surface area contributed by atoms with Crippen LogP contribution >= 0.6 is 11.6 Å². The van der Waals surface area contributed by atoms with Gasteiger partial charge in [0.15, 0.2) is 0 Å². The monoisotopic (exact) mass is 391 g/mol. The van der Waals surface area contributed by atoms with Crippen molar-refractivity contribution in [3.8, 4) is 5.75 Å². The molecule has 1 atom stereocenters. The molecule has 0 saturated carbocycles. The van der Waals surface area contributed by atoms with Gasteiger partial charge >= 0.3 is 0 Å². The van der Waals surface area contributed by atoms with Crippen LogP contribution < -0.4 is 15.4 Å². The van der Waals surface area contributed by atoms with Crippen LogP contribution in [0, 0.1) is 10.1 Å². The Morgan fingerprint density at radius 1 is 1.22 bits per heavy atom. The number of rotatable bonds is 7. The Morgan fingerprint density at radius 3 is 2.48 bits per heavy atom. The van der Waals surface area contributed by atoms with E-state index >= 15 is 0 Å². The molecule has 0 heterocycles. The maximum absolute atomic E-state index is 12.2. The van der Waals surface area contributed by atoms with Gasteiger partial charge in [-0.1, -0.05) is 23.7 Å². The lowest BCUT2D eigenvalue weighted by atomic mass is 10.1. The zero-order valence-electron chi connectivity index (χ0n) is 14.7. The molecule has 9 heteroatoms. The summed E-state index contributed by atoms with van der Waals surface area (Å²) < 4.78 is 5.06. The highest BCUT2D eigenvalue weighted by Crippen LogP contribution is 2.25. The summed E-state index contributed by atoms with van der Waals surface area (Å²) in [5.74, 6) is -0.285. The summed E-state index contributed by atoms with van der Waals surface area (Å²) >= 11 is 5.73. The normalized spacial score (nSPS) is 11.4. The van der Waals surface area contributed by atoms with Crippen LogP contribution in [0.4, 0.5) is 5.69 Å². The minimum atomic E-state index is -0.828. The van der Waals surface area contributed by atoms with E-state index in [0.29, 0.717) is 5.75 Å². The fourth-order valence-corrected chi connectivity index (χ4v) is 2.41. The van der Waals surface area contributed by atoms with Crippen LogP contribution in [0.25, 0.3) is 0 Å².